The van der Waals surface area contributed by atoms with Crippen molar-refractivity contribution in [2.24, 2.45) is 15.1 Å². The number of benzene rings is 1. The number of phosphoric acid groups is 2. The van der Waals surface area contributed by atoms with E-state index in [1.807, 2.05) is 0 Å². The average molecular weight is 1210 g/mol. The molecule has 2 aliphatic heterocycles. The lowest BCUT2D eigenvalue weighted by Crippen LogP contribution is -2.36. The van der Waals surface area contributed by atoms with Gasteiger partial charge in [0.2, 0.25) is 11.8 Å². The molecule has 3 aromatic rings. The lowest BCUT2D eigenvalue weighted by atomic mass is 9.96. The second-order valence-corrected chi connectivity index (χ2v) is 22.7. The number of allylic oxidation sites excluding steroid dienone is 3. The van der Waals surface area contributed by atoms with E-state index in [0.29, 0.717) is 23.6 Å². The lowest BCUT2D eigenvalue weighted by molar-refractivity contribution is -0.126. The molecule has 32 nitrogen and oxygen atoms in total. The molecule has 3 amide bonds. The van der Waals surface area contributed by atoms with Crippen molar-refractivity contribution < 1.29 is 88.2 Å². The second-order valence-electron chi connectivity index (χ2n) is 17.6. The number of nitrogens with two attached hydrogens (primary N) is 1. The fraction of sp³-hybridized carbons (Fsp3) is 0.455. The number of rotatable bonds is 29. The van der Waals surface area contributed by atoms with Crippen molar-refractivity contribution in [3.8, 4) is 17.6 Å². The third-order valence-electron chi connectivity index (χ3n) is 11.1. The van der Waals surface area contributed by atoms with Crippen molar-refractivity contribution in [2.75, 3.05) is 71.8 Å². The van der Waals surface area contributed by atoms with Crippen LogP contribution in [0.1, 0.15) is 65.3 Å². The Morgan fingerprint density at radius 1 is 1.02 bits per heavy atom. The number of carbonyl (C=O) groups is 3. The quantitative estimate of drug-likeness (QED) is 0.00961. The van der Waals surface area contributed by atoms with Gasteiger partial charge in [0.25, 0.3) is 5.91 Å². The molecule has 1 aromatic carbocycles. The first kappa shape index (κ1) is 65.7. The fourth-order valence-corrected chi connectivity index (χ4v) is 11.1. The molecular weight excluding hydrogens is 1150 g/mol. The molecule has 7 atom stereocenters. The summed E-state index contributed by atoms with van der Waals surface area (Å²) in [5.74, 6) is 3.66. The summed E-state index contributed by atoms with van der Waals surface area (Å²) in [5, 5.41) is 14.6. The van der Waals surface area contributed by atoms with Crippen LogP contribution in [-0.4, -0.2) is 144 Å². The predicted molar refractivity (Wildman–Crippen MR) is 287 cm³/mol. The molecule has 38 heteroatoms. The number of nitrogen functional groups attached to an aromatic ring is 1. The highest BCUT2D eigenvalue weighted by atomic mass is 31.3. The van der Waals surface area contributed by atoms with Crippen molar-refractivity contribution in [3.63, 3.8) is 0 Å². The number of nitrogens with one attached hydrogen (secondary N) is 3. The maximum Gasteiger partial charge on any atom is 0.544 e. The minimum atomic E-state index is -5.60. The van der Waals surface area contributed by atoms with E-state index in [-0.39, 0.29) is 87.1 Å². The Balaban J connectivity index is 1.01. The van der Waals surface area contributed by atoms with E-state index >= 15 is 8.63 Å². The van der Waals surface area contributed by atoms with Crippen molar-refractivity contribution in [3.05, 3.63) is 114 Å². The first-order chi connectivity index (χ1) is 38.7. The highest BCUT2D eigenvalue weighted by Gasteiger charge is 2.43. The number of halogens is 2. The van der Waals surface area contributed by atoms with E-state index in [4.69, 9.17) is 45.0 Å². The molecule has 4 heterocycles. The summed E-state index contributed by atoms with van der Waals surface area (Å²) < 4.78 is 109. The molecule has 0 aliphatic carbocycles. The molecule has 82 heavy (non-hydrogen) atoms. The smallest absolute Gasteiger partial charge is 0.491 e. The predicted octanol–water partition coefficient (Wildman–Crippen LogP) is 4.43. The molecule has 8 N–H and O–H groups in total. The molecule has 444 valence electrons. The van der Waals surface area contributed by atoms with Crippen molar-refractivity contribution in [1.82, 2.24) is 30.0 Å². The number of phosphoric ester groups is 1. The highest BCUT2D eigenvalue weighted by Crippen LogP contribution is 2.66. The number of azide groups is 2. The summed E-state index contributed by atoms with van der Waals surface area (Å²) in [6, 6.07) is 7.71. The summed E-state index contributed by atoms with van der Waals surface area (Å²) in [5.41, 5.74) is 25.1. The summed E-state index contributed by atoms with van der Waals surface area (Å²) in [4.78, 5) is 92.4. The van der Waals surface area contributed by atoms with Crippen molar-refractivity contribution >= 4 is 65.5 Å². The summed E-state index contributed by atoms with van der Waals surface area (Å²) in [6.07, 6.45) is 0.766. The first-order valence-electron chi connectivity index (χ1n) is 24.3. The topological polar surface area (TPSA) is 449 Å². The normalized spacial score (nSPS) is 18.9. The molecule has 0 saturated carbocycles. The van der Waals surface area contributed by atoms with Gasteiger partial charge in [0.1, 0.15) is 43.8 Å². The second kappa shape index (κ2) is 30.3. The zero-order valence-electron chi connectivity index (χ0n) is 44.2. The number of carbonyl (C=O) groups excluding carboxylic acids is 3. The van der Waals surface area contributed by atoms with Gasteiger partial charge in [0.15, 0.2) is 6.23 Å². The summed E-state index contributed by atoms with van der Waals surface area (Å²) in [6.45, 7) is -1.37. The first-order valence-corrected chi connectivity index (χ1v) is 29.3. The number of anilines is 1. The van der Waals surface area contributed by atoms with Crippen LogP contribution in [0.4, 0.5) is 14.4 Å². The van der Waals surface area contributed by atoms with E-state index in [0.717, 1.165) is 20.8 Å². The van der Waals surface area contributed by atoms with Gasteiger partial charge in [-0.15, -0.1) is 0 Å². The van der Waals surface area contributed by atoms with Gasteiger partial charge < -0.3 is 78.1 Å². The van der Waals surface area contributed by atoms with Crippen LogP contribution in [0.5, 0.6) is 5.75 Å². The van der Waals surface area contributed by atoms with Gasteiger partial charge in [-0.3, -0.25) is 28.0 Å². The zero-order chi connectivity index (χ0) is 60.3. The molecule has 2 aromatic heterocycles. The lowest BCUT2D eigenvalue weighted by Gasteiger charge is -2.27. The van der Waals surface area contributed by atoms with E-state index in [1.165, 1.54) is 18.2 Å². The van der Waals surface area contributed by atoms with Gasteiger partial charge in [-0.2, -0.15) is 9.29 Å². The van der Waals surface area contributed by atoms with Crippen LogP contribution in [0.15, 0.2) is 74.2 Å². The Labute approximate surface area is 465 Å². The monoisotopic (exact) mass is 1210 g/mol. The molecule has 0 radical (unpaired) electrons. The van der Waals surface area contributed by atoms with Crippen LogP contribution in [0.2, 0.25) is 0 Å². The minimum Gasteiger partial charge on any atom is -0.491 e. The van der Waals surface area contributed by atoms with Crippen molar-refractivity contribution in [2.45, 2.75) is 64.7 Å². The van der Waals surface area contributed by atoms with E-state index < -0.39 is 98.2 Å². The molecule has 5 unspecified atom stereocenters. The summed E-state index contributed by atoms with van der Waals surface area (Å²) in [7, 11) is -15.8. The Hall–Kier alpha value is -7.07. The third-order valence-corrected chi connectivity index (χ3v) is 15.3. The molecule has 2 aliphatic rings. The minimum absolute atomic E-state index is 0.0104. The number of nitrogens with zero attached hydrogens (tertiary/aromatic N) is 10. The molecular formula is C44H57BF2N14O18P3-. The van der Waals surface area contributed by atoms with Gasteiger partial charge >= 0.3 is 35.9 Å². The number of hydrogen-bond acceptors (Lipinski definition) is 20. The van der Waals surface area contributed by atoms with Crippen molar-refractivity contribution in [1.29, 1.82) is 0 Å². The Kier molecular flexibility index (Phi) is 24.3. The van der Waals surface area contributed by atoms with Gasteiger partial charge in [-0.05, 0) is 97.2 Å². The molecule has 0 bridgehead atoms. The maximum absolute atomic E-state index is 15.4. The zero-order valence-corrected chi connectivity index (χ0v) is 46.9. The van der Waals surface area contributed by atoms with E-state index in [2.05, 4.69) is 66.4 Å². The number of hydrogen-bond donors (Lipinski definition) is 7. The third kappa shape index (κ3) is 21.4. The van der Waals surface area contributed by atoms with Gasteiger partial charge in [-0.25, -0.2) is 18.2 Å². The molecule has 0 spiro atoms. The summed E-state index contributed by atoms with van der Waals surface area (Å²) >= 11 is 0. The Morgan fingerprint density at radius 3 is 2.51 bits per heavy atom. The maximum atomic E-state index is 15.4. The molecule has 5 rings (SSSR count). The van der Waals surface area contributed by atoms with Gasteiger partial charge in [-0.1, -0.05) is 34.2 Å². The standard InChI is InChI=1S/C44H57BF2N14O18P3/c1-28-10-11-33(56-45(46,47)61-30(3)20-29(2)35(61)19-28)12-13-38(62)52-15-16-53-43(64)31-7-5-9-34(21-31)74-26-40(57-59-50)73-18-17-72-25-39(63)51-14-6-8-32-23-60(44(65)55-42(32)48)41-22-36(75-27-54-58-49)37(77-41)24-76-81(68,69)79-82(70,71)78-80(4,66)67/h5,7,9-11,19-21,23,36-37,40-41H,12-18,22,24-27H2,1-4H3,(H,51,63)(H,52,62)(H,53,64)(H,66,67)(H,68,69)(H,70,71)(H2,48,55,65)/q-1/t36?,37-,40?,41-/m1/s1. The Morgan fingerprint density at radius 2 is 1.78 bits per heavy atom. The molecule has 1 saturated heterocycles. The number of aromatic nitrogens is 3. The van der Waals surface area contributed by atoms with Crippen LogP contribution in [0, 0.1) is 25.7 Å². The van der Waals surface area contributed by atoms with E-state index in [1.54, 1.807) is 51.1 Å². The van der Waals surface area contributed by atoms with Crippen LogP contribution < -0.4 is 32.1 Å². The van der Waals surface area contributed by atoms with Crippen LogP contribution in [-0.2, 0) is 55.4 Å². The van der Waals surface area contributed by atoms with Crippen LogP contribution in [0.25, 0.3) is 27.0 Å². The number of aryl methyl sites for hydroxylation is 2. The average Bonchev–Trinajstić information content (AvgIpc) is 3.93. The number of ether oxygens (including phenoxy) is 5. The van der Waals surface area contributed by atoms with Crippen LogP contribution in [0.3, 0.4) is 0 Å². The van der Waals surface area contributed by atoms with Gasteiger partial charge in [0.05, 0.1) is 38.0 Å². The highest BCUT2D eigenvalue weighted by molar-refractivity contribution is 7.68. The fourth-order valence-electron chi connectivity index (χ4n) is 7.65. The Bertz CT molecular complexity index is 3300. The largest absolute Gasteiger partial charge is 0.544 e. The SMILES string of the molecule is CC1=Cc2c(C)cc(C)n2[B-](F)(F)N=C(CCC(=O)NCCNC(=O)c2cccc(OCC(N=[N+]=[N-])OCCOCC(=O)NCC#Cc3cn([C@H]4CC(OCN=[N+]=[N-])[C@@H](COP(=O)(O)OP(=O)(O)OP(C)(=O)O)O4)c(=O)nc3N)c2)C=C1. The molecule has 1 fully saturated rings. The number of amides is 3. The van der Waals surface area contributed by atoms with Gasteiger partial charge in [0, 0.05) is 59.9 Å². The number of fused-ring (bicyclic) bond motifs is 1. The van der Waals surface area contributed by atoms with Crippen LogP contribution >= 0.6 is 23.2 Å². The van der Waals surface area contributed by atoms with E-state index in [9.17, 15) is 47.6 Å².